The third-order valence-electron chi connectivity index (χ3n) is 2.78. The molecule has 0 spiro atoms. The van der Waals surface area contributed by atoms with Gasteiger partial charge in [-0.25, -0.2) is 13.8 Å². The zero-order valence-electron chi connectivity index (χ0n) is 9.63. The number of fused-ring (bicyclic) bond motifs is 1. The molecule has 0 radical (unpaired) electrons. The molecule has 2 aromatic heterocycles. The zero-order chi connectivity index (χ0) is 12.7. The van der Waals surface area contributed by atoms with Crippen molar-refractivity contribution in [2.45, 2.75) is 6.92 Å². The van der Waals surface area contributed by atoms with E-state index < -0.39 is 0 Å². The summed E-state index contributed by atoms with van der Waals surface area (Å²) in [6.45, 7) is 1.81. The lowest BCUT2D eigenvalue weighted by atomic mass is 10.1. The van der Waals surface area contributed by atoms with Crippen LogP contribution in [0.2, 0.25) is 0 Å². The van der Waals surface area contributed by atoms with Crippen LogP contribution >= 0.6 is 0 Å². The summed E-state index contributed by atoms with van der Waals surface area (Å²) < 4.78 is 14.7. The molecule has 0 aliphatic heterocycles. The van der Waals surface area contributed by atoms with E-state index in [0.29, 0.717) is 17.4 Å². The Morgan fingerprint density at radius 2 is 2.06 bits per heavy atom. The van der Waals surface area contributed by atoms with Crippen LogP contribution in [-0.4, -0.2) is 19.6 Å². The van der Waals surface area contributed by atoms with Crippen LogP contribution in [0.15, 0.2) is 30.5 Å². The molecule has 0 fully saturated rings. The molecule has 0 aliphatic carbocycles. The maximum Gasteiger partial charge on any atom is 0.207 e. The minimum atomic E-state index is -0.281. The Bertz CT molecular complexity index is 734. The number of halogens is 1. The predicted octanol–water partition coefficient (Wildman–Crippen LogP) is 1.82. The van der Waals surface area contributed by atoms with Crippen molar-refractivity contribution in [1.82, 2.24) is 19.6 Å². The molecule has 0 unspecified atom stereocenters. The molecule has 0 amide bonds. The highest BCUT2D eigenvalue weighted by atomic mass is 19.1. The second-order valence-corrected chi connectivity index (χ2v) is 3.98. The summed E-state index contributed by atoms with van der Waals surface area (Å²) in [7, 11) is 0. The molecular weight excluding hydrogens is 233 g/mol. The molecular formula is C12H10FN5. The first-order valence-electron chi connectivity index (χ1n) is 5.39. The first kappa shape index (κ1) is 10.6. The quantitative estimate of drug-likeness (QED) is 0.707. The molecule has 5 nitrogen and oxygen atoms in total. The van der Waals surface area contributed by atoms with Gasteiger partial charge in [0.2, 0.25) is 5.95 Å². The lowest BCUT2D eigenvalue weighted by Gasteiger charge is -2.05. The van der Waals surface area contributed by atoms with E-state index in [0.717, 1.165) is 11.1 Å². The van der Waals surface area contributed by atoms with Gasteiger partial charge in [-0.05, 0) is 30.7 Å². The minimum Gasteiger partial charge on any atom is -0.369 e. The van der Waals surface area contributed by atoms with Crippen molar-refractivity contribution >= 4 is 11.6 Å². The molecule has 1 aromatic carbocycles. The first-order chi connectivity index (χ1) is 8.66. The number of anilines is 1. The van der Waals surface area contributed by atoms with Gasteiger partial charge in [0, 0.05) is 17.8 Å². The van der Waals surface area contributed by atoms with Gasteiger partial charge >= 0.3 is 0 Å². The smallest absolute Gasteiger partial charge is 0.207 e. The van der Waals surface area contributed by atoms with Gasteiger partial charge in [0.1, 0.15) is 5.82 Å². The molecule has 2 heterocycles. The number of nitrogen functional groups attached to an aromatic ring is 1. The van der Waals surface area contributed by atoms with E-state index >= 15 is 0 Å². The number of nitrogens with zero attached hydrogens (tertiary/aromatic N) is 4. The lowest BCUT2D eigenvalue weighted by Crippen LogP contribution is -2.01. The Labute approximate surface area is 102 Å². The summed E-state index contributed by atoms with van der Waals surface area (Å²) in [5, 5.41) is 8.11. The van der Waals surface area contributed by atoms with Gasteiger partial charge in [-0.15, -0.1) is 10.2 Å². The molecule has 0 aliphatic rings. The number of rotatable bonds is 1. The van der Waals surface area contributed by atoms with Gasteiger partial charge < -0.3 is 5.73 Å². The van der Waals surface area contributed by atoms with Gasteiger partial charge in [-0.2, -0.15) is 0 Å². The van der Waals surface area contributed by atoms with E-state index in [4.69, 9.17) is 5.73 Å². The Hall–Kier alpha value is -2.50. The standard InChI is InChI=1S/C12H10FN5/c1-7-6-8(13)2-3-9(7)11-17-16-10-4-5-15-12(14)18(10)11/h2-6H,1H3,(H2,14,15). The van der Waals surface area contributed by atoms with Crippen molar-refractivity contribution in [2.24, 2.45) is 0 Å². The second-order valence-electron chi connectivity index (χ2n) is 3.98. The number of hydrogen-bond acceptors (Lipinski definition) is 4. The van der Waals surface area contributed by atoms with E-state index in [-0.39, 0.29) is 5.82 Å². The van der Waals surface area contributed by atoms with Crippen LogP contribution in [0.1, 0.15) is 5.56 Å². The molecule has 18 heavy (non-hydrogen) atoms. The fourth-order valence-electron chi connectivity index (χ4n) is 1.92. The highest BCUT2D eigenvalue weighted by Gasteiger charge is 2.13. The van der Waals surface area contributed by atoms with Crippen LogP contribution in [0, 0.1) is 12.7 Å². The molecule has 0 atom stereocenters. The van der Waals surface area contributed by atoms with Crippen molar-refractivity contribution in [3.8, 4) is 11.4 Å². The zero-order valence-corrected chi connectivity index (χ0v) is 9.63. The fourth-order valence-corrected chi connectivity index (χ4v) is 1.92. The van der Waals surface area contributed by atoms with Crippen molar-refractivity contribution in [1.29, 1.82) is 0 Å². The highest BCUT2D eigenvalue weighted by Crippen LogP contribution is 2.24. The first-order valence-corrected chi connectivity index (χ1v) is 5.39. The maximum absolute atomic E-state index is 13.1. The van der Waals surface area contributed by atoms with Gasteiger partial charge in [0.15, 0.2) is 11.5 Å². The van der Waals surface area contributed by atoms with Gasteiger partial charge in [-0.1, -0.05) is 0 Å². The highest BCUT2D eigenvalue weighted by molar-refractivity contribution is 5.64. The Balaban J connectivity index is 2.32. The lowest BCUT2D eigenvalue weighted by molar-refractivity contribution is 0.627. The molecule has 6 heteroatoms. The van der Waals surface area contributed by atoms with Gasteiger partial charge in [0.05, 0.1) is 0 Å². The Kier molecular flexibility index (Phi) is 2.22. The number of aryl methyl sites for hydroxylation is 1. The van der Waals surface area contributed by atoms with Gasteiger partial charge in [-0.3, -0.25) is 0 Å². The van der Waals surface area contributed by atoms with Crippen LogP contribution in [0.3, 0.4) is 0 Å². The maximum atomic E-state index is 13.1. The summed E-state index contributed by atoms with van der Waals surface area (Å²) >= 11 is 0. The molecule has 3 aromatic rings. The Morgan fingerprint density at radius 3 is 2.83 bits per heavy atom. The van der Waals surface area contributed by atoms with Gasteiger partial charge in [0.25, 0.3) is 0 Å². The van der Waals surface area contributed by atoms with Crippen LogP contribution < -0.4 is 5.73 Å². The topological polar surface area (TPSA) is 69.1 Å². The summed E-state index contributed by atoms with van der Waals surface area (Å²) in [5.41, 5.74) is 7.98. The summed E-state index contributed by atoms with van der Waals surface area (Å²) in [6, 6.07) is 6.21. The SMILES string of the molecule is Cc1cc(F)ccc1-c1nnc2ccnc(N)n12. The summed E-state index contributed by atoms with van der Waals surface area (Å²) in [4.78, 5) is 4.00. The van der Waals surface area contributed by atoms with Crippen LogP contribution in [0.4, 0.5) is 10.3 Å². The molecule has 0 bridgehead atoms. The molecule has 2 N–H and O–H groups in total. The van der Waals surface area contributed by atoms with E-state index in [1.54, 1.807) is 22.7 Å². The van der Waals surface area contributed by atoms with E-state index in [2.05, 4.69) is 15.2 Å². The minimum absolute atomic E-state index is 0.281. The summed E-state index contributed by atoms with van der Waals surface area (Å²) in [6.07, 6.45) is 1.57. The van der Waals surface area contributed by atoms with E-state index in [1.807, 2.05) is 6.92 Å². The Morgan fingerprint density at radius 1 is 1.22 bits per heavy atom. The largest absolute Gasteiger partial charge is 0.369 e. The normalized spacial score (nSPS) is 11.0. The van der Waals surface area contributed by atoms with Crippen molar-refractivity contribution in [3.05, 3.63) is 41.8 Å². The van der Waals surface area contributed by atoms with E-state index in [1.165, 1.54) is 12.1 Å². The van der Waals surface area contributed by atoms with Crippen LogP contribution in [0.5, 0.6) is 0 Å². The number of hydrogen-bond donors (Lipinski definition) is 1. The molecule has 0 saturated heterocycles. The van der Waals surface area contributed by atoms with Crippen LogP contribution in [-0.2, 0) is 0 Å². The van der Waals surface area contributed by atoms with Crippen LogP contribution in [0.25, 0.3) is 17.0 Å². The molecule has 90 valence electrons. The predicted molar refractivity (Wildman–Crippen MR) is 65.3 cm³/mol. The molecule has 3 rings (SSSR count). The second kappa shape index (κ2) is 3.76. The average molecular weight is 243 g/mol. The molecule has 0 saturated carbocycles. The average Bonchev–Trinajstić information content (AvgIpc) is 2.74. The van der Waals surface area contributed by atoms with Crippen molar-refractivity contribution < 1.29 is 4.39 Å². The summed E-state index contributed by atoms with van der Waals surface area (Å²) in [5.74, 6) is 0.584. The number of aromatic nitrogens is 4. The number of benzene rings is 1. The monoisotopic (exact) mass is 243 g/mol. The fraction of sp³-hybridized carbons (Fsp3) is 0.0833. The van der Waals surface area contributed by atoms with E-state index in [9.17, 15) is 4.39 Å². The van der Waals surface area contributed by atoms with Crippen molar-refractivity contribution in [2.75, 3.05) is 5.73 Å². The number of nitrogens with two attached hydrogens (primary N) is 1. The third kappa shape index (κ3) is 1.50. The third-order valence-corrected chi connectivity index (χ3v) is 2.78. The van der Waals surface area contributed by atoms with Crippen molar-refractivity contribution in [3.63, 3.8) is 0 Å².